The average molecular weight is 306 g/mol. The molecule has 0 fully saturated rings. The van der Waals surface area contributed by atoms with E-state index in [9.17, 15) is 20.2 Å². The monoisotopic (exact) mass is 306 g/mol. The van der Waals surface area contributed by atoms with Crippen LogP contribution in [0.2, 0.25) is 0 Å². The molecule has 20 heavy (non-hydrogen) atoms. The quantitative estimate of drug-likeness (QED) is 0.523. The zero-order valence-corrected chi connectivity index (χ0v) is 11.4. The van der Waals surface area contributed by atoms with Crippen LogP contribution in [0.3, 0.4) is 0 Å². The number of rotatable bonds is 2. The second-order valence-corrected chi connectivity index (χ2v) is 6.15. The minimum absolute atomic E-state index is 0.0437. The topological polar surface area (TPSA) is 86.3 Å². The Kier molecular flexibility index (Phi) is 3.11. The first-order chi connectivity index (χ1) is 9.54. The number of hydrogen-bond acceptors (Lipinski definition) is 6. The van der Waals surface area contributed by atoms with E-state index in [1.807, 2.05) is 0 Å². The average Bonchev–Trinajstić information content (AvgIpc) is 2.43. The SMILES string of the molecule is O=[N+]([O-])c1ccc2c(c1)Sc1ccc([N+](=O)[O-])cc1S2. The maximum absolute atomic E-state index is 10.8. The summed E-state index contributed by atoms with van der Waals surface area (Å²) in [4.78, 5) is 24.0. The minimum Gasteiger partial charge on any atom is -0.258 e. The number of fused-ring (bicyclic) bond motifs is 2. The smallest absolute Gasteiger partial charge is 0.258 e. The van der Waals surface area contributed by atoms with E-state index in [1.165, 1.54) is 47.8 Å². The summed E-state index contributed by atoms with van der Waals surface area (Å²) < 4.78 is 0. The van der Waals surface area contributed by atoms with E-state index in [4.69, 9.17) is 0 Å². The standard InChI is InChI=1S/C12H6N2O4S2/c15-13(16)7-1-3-9-11(5-7)20-10-4-2-8(14(17)18)6-12(10)19-9/h1-6H. The number of nitrogens with zero attached hydrogens (tertiary/aromatic N) is 2. The van der Waals surface area contributed by atoms with Gasteiger partial charge in [0, 0.05) is 43.8 Å². The molecule has 100 valence electrons. The van der Waals surface area contributed by atoms with Gasteiger partial charge in [0.2, 0.25) is 0 Å². The molecular formula is C12H6N2O4S2. The summed E-state index contributed by atoms with van der Waals surface area (Å²) in [5.74, 6) is 0. The summed E-state index contributed by atoms with van der Waals surface area (Å²) in [6, 6.07) is 9.28. The zero-order chi connectivity index (χ0) is 14.3. The fourth-order valence-corrected chi connectivity index (χ4v) is 4.05. The molecule has 0 aliphatic carbocycles. The van der Waals surface area contributed by atoms with E-state index in [2.05, 4.69) is 0 Å². The van der Waals surface area contributed by atoms with E-state index in [0.29, 0.717) is 0 Å². The zero-order valence-electron chi connectivity index (χ0n) is 9.81. The first kappa shape index (κ1) is 12.9. The Morgan fingerprint density at radius 1 is 0.700 bits per heavy atom. The fraction of sp³-hybridized carbons (Fsp3) is 0. The molecule has 2 aromatic carbocycles. The number of non-ortho nitro benzene ring substituents is 2. The van der Waals surface area contributed by atoms with Crippen LogP contribution in [-0.2, 0) is 0 Å². The van der Waals surface area contributed by atoms with Gasteiger partial charge >= 0.3 is 0 Å². The van der Waals surface area contributed by atoms with Crippen molar-refractivity contribution in [1.82, 2.24) is 0 Å². The Morgan fingerprint density at radius 3 is 1.45 bits per heavy atom. The highest BCUT2D eigenvalue weighted by atomic mass is 32.2. The first-order valence-electron chi connectivity index (χ1n) is 5.47. The van der Waals surface area contributed by atoms with Crippen molar-refractivity contribution in [3.05, 3.63) is 56.6 Å². The van der Waals surface area contributed by atoms with Crippen LogP contribution in [-0.4, -0.2) is 9.85 Å². The van der Waals surface area contributed by atoms with Gasteiger partial charge in [0.05, 0.1) is 9.85 Å². The molecule has 0 bridgehead atoms. The lowest BCUT2D eigenvalue weighted by atomic mass is 10.3. The van der Waals surface area contributed by atoms with Gasteiger partial charge < -0.3 is 0 Å². The molecule has 0 aromatic heterocycles. The van der Waals surface area contributed by atoms with Crippen molar-refractivity contribution in [1.29, 1.82) is 0 Å². The molecule has 0 unspecified atom stereocenters. The third kappa shape index (κ3) is 2.23. The highest BCUT2D eigenvalue weighted by molar-refractivity contribution is 8.05. The van der Waals surface area contributed by atoms with Crippen molar-refractivity contribution < 1.29 is 9.85 Å². The van der Waals surface area contributed by atoms with Crippen LogP contribution in [0.1, 0.15) is 0 Å². The van der Waals surface area contributed by atoms with E-state index in [1.54, 1.807) is 12.1 Å². The molecule has 1 aliphatic heterocycles. The predicted molar refractivity (Wildman–Crippen MR) is 74.4 cm³/mol. The van der Waals surface area contributed by atoms with Crippen molar-refractivity contribution in [3.63, 3.8) is 0 Å². The van der Waals surface area contributed by atoms with Gasteiger partial charge in [-0.15, -0.1) is 0 Å². The van der Waals surface area contributed by atoms with Gasteiger partial charge in [-0.3, -0.25) is 20.2 Å². The number of benzene rings is 2. The summed E-state index contributed by atoms with van der Waals surface area (Å²) in [6.07, 6.45) is 0. The van der Waals surface area contributed by atoms with E-state index >= 15 is 0 Å². The van der Waals surface area contributed by atoms with E-state index in [0.717, 1.165) is 19.6 Å². The molecule has 0 amide bonds. The Balaban J connectivity index is 2.02. The van der Waals surface area contributed by atoms with Crippen LogP contribution in [0.25, 0.3) is 0 Å². The van der Waals surface area contributed by atoms with Crippen LogP contribution < -0.4 is 0 Å². The lowest BCUT2D eigenvalue weighted by Crippen LogP contribution is -1.94. The van der Waals surface area contributed by atoms with Crippen molar-refractivity contribution in [2.24, 2.45) is 0 Å². The third-order valence-electron chi connectivity index (χ3n) is 2.72. The molecule has 0 atom stereocenters. The largest absolute Gasteiger partial charge is 0.270 e. The van der Waals surface area contributed by atoms with Crippen molar-refractivity contribution >= 4 is 34.9 Å². The van der Waals surface area contributed by atoms with E-state index in [-0.39, 0.29) is 11.4 Å². The van der Waals surface area contributed by atoms with Gasteiger partial charge in [-0.1, -0.05) is 23.5 Å². The van der Waals surface area contributed by atoms with Crippen LogP contribution in [0.4, 0.5) is 11.4 Å². The second-order valence-electron chi connectivity index (χ2n) is 3.98. The molecule has 1 aliphatic rings. The minimum atomic E-state index is -0.434. The molecule has 0 spiro atoms. The second kappa shape index (κ2) is 4.80. The van der Waals surface area contributed by atoms with Gasteiger partial charge in [0.15, 0.2) is 0 Å². The Bertz CT molecular complexity index is 685. The molecule has 0 saturated carbocycles. The fourth-order valence-electron chi connectivity index (χ4n) is 1.79. The number of hydrogen-bond donors (Lipinski definition) is 0. The van der Waals surface area contributed by atoms with Crippen molar-refractivity contribution in [3.8, 4) is 0 Å². The highest BCUT2D eigenvalue weighted by Crippen LogP contribution is 2.50. The van der Waals surface area contributed by atoms with E-state index < -0.39 is 9.85 Å². The number of nitro groups is 2. The lowest BCUT2D eigenvalue weighted by molar-refractivity contribution is -0.385. The van der Waals surface area contributed by atoms with Gasteiger partial charge in [0.1, 0.15) is 0 Å². The summed E-state index contributed by atoms with van der Waals surface area (Å²) in [5, 5.41) is 21.5. The summed E-state index contributed by atoms with van der Waals surface area (Å²) in [5.41, 5.74) is 0.0874. The summed E-state index contributed by atoms with van der Waals surface area (Å²) in [7, 11) is 0. The molecule has 0 N–H and O–H groups in total. The maximum Gasteiger partial charge on any atom is 0.270 e. The van der Waals surface area contributed by atoms with Crippen LogP contribution in [0.15, 0.2) is 56.0 Å². The van der Waals surface area contributed by atoms with Crippen LogP contribution in [0, 0.1) is 20.2 Å². The highest BCUT2D eigenvalue weighted by Gasteiger charge is 2.21. The van der Waals surface area contributed by atoms with Crippen LogP contribution >= 0.6 is 23.5 Å². The molecule has 6 nitrogen and oxygen atoms in total. The Hall–Kier alpha value is -2.06. The molecule has 0 saturated heterocycles. The molecule has 0 radical (unpaired) electrons. The van der Waals surface area contributed by atoms with Gasteiger partial charge in [-0.05, 0) is 12.1 Å². The molecule has 8 heteroatoms. The van der Waals surface area contributed by atoms with Gasteiger partial charge in [-0.25, -0.2) is 0 Å². The van der Waals surface area contributed by atoms with Crippen molar-refractivity contribution in [2.45, 2.75) is 19.6 Å². The summed E-state index contributed by atoms with van der Waals surface area (Å²) >= 11 is 2.77. The van der Waals surface area contributed by atoms with Crippen LogP contribution in [0.5, 0.6) is 0 Å². The third-order valence-corrected chi connectivity index (χ3v) is 5.24. The normalized spacial score (nSPS) is 12.4. The molecular weight excluding hydrogens is 300 g/mol. The molecule has 2 aromatic rings. The molecule has 3 rings (SSSR count). The Labute approximate surface area is 121 Å². The first-order valence-corrected chi connectivity index (χ1v) is 7.10. The molecule has 1 heterocycles. The number of nitro benzene ring substituents is 2. The summed E-state index contributed by atoms with van der Waals surface area (Å²) in [6.45, 7) is 0. The Morgan fingerprint density at radius 2 is 1.10 bits per heavy atom. The van der Waals surface area contributed by atoms with Gasteiger partial charge in [-0.2, -0.15) is 0 Å². The maximum atomic E-state index is 10.8. The van der Waals surface area contributed by atoms with Gasteiger partial charge in [0.25, 0.3) is 11.4 Å². The lowest BCUT2D eigenvalue weighted by Gasteiger charge is -2.17. The predicted octanol–water partition coefficient (Wildman–Crippen LogP) is 4.12. The van der Waals surface area contributed by atoms with Crippen molar-refractivity contribution in [2.75, 3.05) is 0 Å².